The van der Waals surface area contributed by atoms with Crippen molar-refractivity contribution < 1.29 is 0 Å². The summed E-state index contributed by atoms with van der Waals surface area (Å²) in [5.41, 5.74) is 8.07. The van der Waals surface area contributed by atoms with Crippen LogP contribution in [-0.2, 0) is 6.42 Å². The van der Waals surface area contributed by atoms with E-state index in [-0.39, 0.29) is 0 Å². The standard InChI is InChI=1S/C13H23N3/c1-4-12-7-5-9-15-13(12)11(2)16(3)10-6-8-14/h5,7,9,11H,4,6,8,10,14H2,1-3H3. The lowest BCUT2D eigenvalue weighted by Crippen LogP contribution is -2.26. The van der Waals surface area contributed by atoms with Crippen molar-refractivity contribution in [1.82, 2.24) is 9.88 Å². The molecule has 0 fully saturated rings. The van der Waals surface area contributed by atoms with Gasteiger partial charge in [-0.1, -0.05) is 13.0 Å². The van der Waals surface area contributed by atoms with Crippen LogP contribution in [0, 0.1) is 0 Å². The van der Waals surface area contributed by atoms with E-state index in [0.29, 0.717) is 6.04 Å². The van der Waals surface area contributed by atoms with E-state index in [2.05, 4.69) is 36.8 Å². The third-order valence-electron chi connectivity index (χ3n) is 3.08. The number of aryl methyl sites for hydroxylation is 1. The van der Waals surface area contributed by atoms with Gasteiger partial charge in [-0.15, -0.1) is 0 Å². The van der Waals surface area contributed by atoms with Crippen LogP contribution < -0.4 is 5.73 Å². The van der Waals surface area contributed by atoms with Crippen LogP contribution in [0.5, 0.6) is 0 Å². The predicted octanol–water partition coefficient (Wildman–Crippen LogP) is 1.99. The van der Waals surface area contributed by atoms with Crippen molar-refractivity contribution in [2.75, 3.05) is 20.1 Å². The summed E-state index contributed by atoms with van der Waals surface area (Å²) in [4.78, 5) is 6.82. The minimum absolute atomic E-state index is 0.364. The second-order valence-electron chi connectivity index (χ2n) is 4.20. The van der Waals surface area contributed by atoms with Crippen molar-refractivity contribution in [3.8, 4) is 0 Å². The van der Waals surface area contributed by atoms with Crippen LogP contribution >= 0.6 is 0 Å². The lowest BCUT2D eigenvalue weighted by Gasteiger charge is -2.25. The SMILES string of the molecule is CCc1cccnc1C(C)N(C)CCCN. The third-order valence-corrected chi connectivity index (χ3v) is 3.08. The average molecular weight is 221 g/mol. The monoisotopic (exact) mass is 221 g/mol. The highest BCUT2D eigenvalue weighted by molar-refractivity contribution is 5.22. The first-order valence-electron chi connectivity index (χ1n) is 6.04. The number of hydrogen-bond acceptors (Lipinski definition) is 3. The van der Waals surface area contributed by atoms with Crippen LogP contribution in [0.2, 0.25) is 0 Å². The molecule has 0 saturated carbocycles. The molecule has 0 aliphatic rings. The molecule has 0 saturated heterocycles. The van der Waals surface area contributed by atoms with Crippen LogP contribution in [-0.4, -0.2) is 30.0 Å². The third kappa shape index (κ3) is 3.29. The zero-order valence-electron chi connectivity index (χ0n) is 10.6. The van der Waals surface area contributed by atoms with Crippen molar-refractivity contribution in [1.29, 1.82) is 0 Å². The summed E-state index contributed by atoms with van der Waals surface area (Å²) in [6.07, 6.45) is 3.95. The Morgan fingerprint density at radius 2 is 2.25 bits per heavy atom. The van der Waals surface area contributed by atoms with Gasteiger partial charge < -0.3 is 5.73 Å². The Hall–Kier alpha value is -0.930. The molecule has 1 rings (SSSR count). The van der Waals surface area contributed by atoms with Crippen molar-refractivity contribution >= 4 is 0 Å². The maximum absolute atomic E-state index is 5.53. The molecule has 0 aliphatic heterocycles. The average Bonchev–Trinajstić information content (AvgIpc) is 2.34. The molecule has 2 N–H and O–H groups in total. The first-order chi connectivity index (χ1) is 7.70. The van der Waals surface area contributed by atoms with Gasteiger partial charge in [-0.3, -0.25) is 9.88 Å². The van der Waals surface area contributed by atoms with E-state index in [1.165, 1.54) is 11.3 Å². The van der Waals surface area contributed by atoms with Crippen molar-refractivity contribution in [2.45, 2.75) is 32.7 Å². The molecule has 0 aromatic carbocycles. The van der Waals surface area contributed by atoms with Gasteiger partial charge in [0, 0.05) is 12.2 Å². The molecule has 1 atom stereocenters. The Bertz CT molecular complexity index is 312. The van der Waals surface area contributed by atoms with Crippen molar-refractivity contribution in [3.63, 3.8) is 0 Å². The minimum Gasteiger partial charge on any atom is -0.330 e. The minimum atomic E-state index is 0.364. The Kier molecular flexibility index (Phi) is 5.43. The lowest BCUT2D eigenvalue weighted by atomic mass is 10.1. The van der Waals surface area contributed by atoms with Gasteiger partial charge in [0.15, 0.2) is 0 Å². The Morgan fingerprint density at radius 3 is 2.88 bits per heavy atom. The van der Waals surface area contributed by atoms with E-state index in [9.17, 15) is 0 Å². The molecule has 1 aromatic rings. The summed E-state index contributed by atoms with van der Waals surface area (Å²) in [6.45, 7) is 6.16. The maximum Gasteiger partial charge on any atom is 0.0604 e. The summed E-state index contributed by atoms with van der Waals surface area (Å²) in [6, 6.07) is 4.53. The maximum atomic E-state index is 5.53. The molecule has 1 unspecified atom stereocenters. The van der Waals surface area contributed by atoms with Gasteiger partial charge in [-0.05, 0) is 51.5 Å². The number of pyridine rings is 1. The highest BCUT2D eigenvalue weighted by atomic mass is 15.1. The second kappa shape index (κ2) is 6.61. The smallest absolute Gasteiger partial charge is 0.0604 e. The number of nitrogens with two attached hydrogens (primary N) is 1. The second-order valence-corrected chi connectivity index (χ2v) is 4.20. The van der Waals surface area contributed by atoms with Crippen LogP contribution in [0.4, 0.5) is 0 Å². The van der Waals surface area contributed by atoms with Gasteiger partial charge in [-0.2, -0.15) is 0 Å². The van der Waals surface area contributed by atoms with Gasteiger partial charge in [-0.25, -0.2) is 0 Å². The largest absolute Gasteiger partial charge is 0.330 e. The van der Waals surface area contributed by atoms with Gasteiger partial charge in [0.25, 0.3) is 0 Å². The molecule has 3 nitrogen and oxygen atoms in total. The molecule has 90 valence electrons. The van der Waals surface area contributed by atoms with Crippen LogP contribution in [0.25, 0.3) is 0 Å². The highest BCUT2D eigenvalue weighted by Gasteiger charge is 2.14. The molecule has 0 spiro atoms. The van der Waals surface area contributed by atoms with E-state index in [0.717, 1.165) is 25.9 Å². The zero-order chi connectivity index (χ0) is 12.0. The zero-order valence-corrected chi connectivity index (χ0v) is 10.6. The first kappa shape index (κ1) is 13.1. The fraction of sp³-hybridized carbons (Fsp3) is 0.615. The molecule has 16 heavy (non-hydrogen) atoms. The molecule has 0 aliphatic carbocycles. The molecule has 1 aromatic heterocycles. The molecule has 1 heterocycles. The van der Waals surface area contributed by atoms with Crippen LogP contribution in [0.1, 0.15) is 37.6 Å². The van der Waals surface area contributed by atoms with E-state index in [1.54, 1.807) is 0 Å². The van der Waals surface area contributed by atoms with Gasteiger partial charge in [0.05, 0.1) is 5.69 Å². The van der Waals surface area contributed by atoms with Crippen molar-refractivity contribution in [3.05, 3.63) is 29.6 Å². The molecule has 3 heteroatoms. The van der Waals surface area contributed by atoms with Gasteiger partial charge in [0.2, 0.25) is 0 Å². The Balaban J connectivity index is 2.74. The number of aromatic nitrogens is 1. The number of rotatable bonds is 6. The summed E-state index contributed by atoms with van der Waals surface area (Å²) < 4.78 is 0. The fourth-order valence-electron chi connectivity index (χ4n) is 1.87. The van der Waals surface area contributed by atoms with E-state index < -0.39 is 0 Å². The molecule has 0 bridgehead atoms. The Labute approximate surface area is 98.7 Å². The summed E-state index contributed by atoms with van der Waals surface area (Å²) in [5, 5.41) is 0. The van der Waals surface area contributed by atoms with Crippen molar-refractivity contribution in [2.24, 2.45) is 5.73 Å². The lowest BCUT2D eigenvalue weighted by molar-refractivity contribution is 0.254. The number of hydrogen-bond donors (Lipinski definition) is 1. The summed E-state index contributed by atoms with van der Waals surface area (Å²) in [7, 11) is 2.13. The fourth-order valence-corrected chi connectivity index (χ4v) is 1.87. The molecular formula is C13H23N3. The van der Waals surface area contributed by atoms with E-state index in [4.69, 9.17) is 5.73 Å². The topological polar surface area (TPSA) is 42.2 Å². The molecule has 0 amide bonds. The normalized spacial score (nSPS) is 13.1. The molecular weight excluding hydrogens is 198 g/mol. The molecule has 0 radical (unpaired) electrons. The van der Waals surface area contributed by atoms with Gasteiger partial charge in [0.1, 0.15) is 0 Å². The van der Waals surface area contributed by atoms with Crippen LogP contribution in [0.15, 0.2) is 18.3 Å². The van der Waals surface area contributed by atoms with Gasteiger partial charge >= 0.3 is 0 Å². The summed E-state index contributed by atoms with van der Waals surface area (Å²) in [5.74, 6) is 0. The number of nitrogens with zero attached hydrogens (tertiary/aromatic N) is 2. The van der Waals surface area contributed by atoms with E-state index in [1.807, 2.05) is 12.3 Å². The van der Waals surface area contributed by atoms with Crippen LogP contribution in [0.3, 0.4) is 0 Å². The Morgan fingerprint density at radius 1 is 1.50 bits per heavy atom. The summed E-state index contributed by atoms with van der Waals surface area (Å²) >= 11 is 0. The quantitative estimate of drug-likeness (QED) is 0.798. The first-order valence-corrected chi connectivity index (χ1v) is 6.04. The van der Waals surface area contributed by atoms with E-state index >= 15 is 0 Å². The predicted molar refractivity (Wildman–Crippen MR) is 68.3 cm³/mol. The highest BCUT2D eigenvalue weighted by Crippen LogP contribution is 2.20.